The molecule has 4 rings (SSSR count). The lowest BCUT2D eigenvalue weighted by Crippen LogP contribution is -2.58. The Morgan fingerprint density at radius 3 is 2.84 bits per heavy atom. The van der Waals surface area contributed by atoms with E-state index in [1.807, 2.05) is 6.92 Å². The fourth-order valence-corrected chi connectivity index (χ4v) is 3.57. The van der Waals surface area contributed by atoms with Gasteiger partial charge < -0.3 is 9.64 Å². The molecule has 1 amide bonds. The van der Waals surface area contributed by atoms with Gasteiger partial charge in [-0.2, -0.15) is 4.68 Å². The topological polar surface area (TPSA) is 73.1 Å². The second-order valence-corrected chi connectivity index (χ2v) is 6.94. The summed E-state index contributed by atoms with van der Waals surface area (Å²) in [7, 11) is 0. The first kappa shape index (κ1) is 16.1. The largest absolute Gasteiger partial charge is 0.377 e. The van der Waals surface area contributed by atoms with E-state index in [-0.39, 0.29) is 17.0 Å². The summed E-state index contributed by atoms with van der Waals surface area (Å²) in [6.45, 7) is 5.24. The zero-order valence-electron chi connectivity index (χ0n) is 14.3. The summed E-state index contributed by atoms with van der Waals surface area (Å²) < 4.78 is 21.7. The normalized spacial score (nSPS) is 23.7. The van der Waals surface area contributed by atoms with Crippen molar-refractivity contribution in [3.63, 3.8) is 0 Å². The molecule has 2 heterocycles. The second-order valence-electron chi connectivity index (χ2n) is 6.94. The zero-order valence-corrected chi connectivity index (χ0v) is 14.3. The molecule has 0 radical (unpaired) electrons. The van der Waals surface area contributed by atoms with Crippen LogP contribution in [0.1, 0.15) is 35.9 Å². The number of rotatable bonds is 3. The van der Waals surface area contributed by atoms with Gasteiger partial charge in [0.2, 0.25) is 0 Å². The molecule has 0 N–H and O–H groups in total. The fourth-order valence-electron chi connectivity index (χ4n) is 3.57. The Balaban J connectivity index is 1.65. The SMILES string of the molecule is Cc1nnnn1-c1ccc(C(=O)N2CCOCC2(C)C2CC2)c(F)c1. The number of ether oxygens (including phenoxy) is 1. The third-order valence-electron chi connectivity index (χ3n) is 5.23. The minimum absolute atomic E-state index is 0.0725. The maximum atomic E-state index is 14.7. The number of hydrogen-bond acceptors (Lipinski definition) is 5. The molecule has 1 saturated carbocycles. The third-order valence-corrected chi connectivity index (χ3v) is 5.23. The molecule has 0 spiro atoms. The molecule has 1 unspecified atom stereocenters. The molecular formula is C17H20FN5O2. The highest BCUT2D eigenvalue weighted by molar-refractivity contribution is 5.95. The van der Waals surface area contributed by atoms with Crippen LogP contribution in [-0.2, 0) is 4.74 Å². The van der Waals surface area contributed by atoms with E-state index in [4.69, 9.17) is 4.74 Å². The van der Waals surface area contributed by atoms with Crippen LogP contribution in [0.4, 0.5) is 4.39 Å². The van der Waals surface area contributed by atoms with Crippen molar-refractivity contribution in [1.82, 2.24) is 25.1 Å². The van der Waals surface area contributed by atoms with Crippen molar-refractivity contribution in [2.24, 2.45) is 5.92 Å². The Bertz CT molecular complexity index is 819. The van der Waals surface area contributed by atoms with Crippen LogP contribution < -0.4 is 0 Å². The zero-order chi connectivity index (χ0) is 17.6. The number of carbonyl (C=O) groups is 1. The molecule has 2 fully saturated rings. The molecule has 2 aliphatic rings. The van der Waals surface area contributed by atoms with Crippen LogP contribution in [0.3, 0.4) is 0 Å². The summed E-state index contributed by atoms with van der Waals surface area (Å²) in [6, 6.07) is 4.47. The molecule has 1 aromatic carbocycles. The monoisotopic (exact) mass is 345 g/mol. The maximum absolute atomic E-state index is 14.7. The highest BCUT2D eigenvalue weighted by Gasteiger charge is 2.49. The number of halogens is 1. The van der Waals surface area contributed by atoms with Crippen molar-refractivity contribution < 1.29 is 13.9 Å². The highest BCUT2D eigenvalue weighted by atomic mass is 19.1. The van der Waals surface area contributed by atoms with Gasteiger partial charge in [-0.15, -0.1) is 5.10 Å². The van der Waals surface area contributed by atoms with Gasteiger partial charge in [0.15, 0.2) is 5.82 Å². The lowest BCUT2D eigenvalue weighted by molar-refractivity contribution is -0.0549. The molecule has 132 valence electrons. The van der Waals surface area contributed by atoms with Crippen molar-refractivity contribution in [2.75, 3.05) is 19.8 Å². The number of benzene rings is 1. The number of carbonyl (C=O) groups excluding carboxylic acids is 1. The van der Waals surface area contributed by atoms with Crippen LogP contribution in [0.15, 0.2) is 18.2 Å². The van der Waals surface area contributed by atoms with E-state index in [9.17, 15) is 9.18 Å². The van der Waals surface area contributed by atoms with E-state index in [1.165, 1.54) is 16.8 Å². The Hall–Kier alpha value is -2.35. The quantitative estimate of drug-likeness (QED) is 0.847. The lowest BCUT2D eigenvalue weighted by atomic mass is 9.92. The van der Waals surface area contributed by atoms with Crippen molar-refractivity contribution >= 4 is 5.91 Å². The average Bonchev–Trinajstić information content (AvgIpc) is 3.37. The summed E-state index contributed by atoms with van der Waals surface area (Å²) in [5, 5.41) is 11.2. The predicted molar refractivity (Wildman–Crippen MR) is 86.8 cm³/mol. The van der Waals surface area contributed by atoms with Gasteiger partial charge in [0.25, 0.3) is 5.91 Å². The summed E-state index contributed by atoms with van der Waals surface area (Å²) in [4.78, 5) is 14.8. The van der Waals surface area contributed by atoms with Gasteiger partial charge >= 0.3 is 0 Å². The van der Waals surface area contributed by atoms with E-state index in [1.54, 1.807) is 17.9 Å². The average molecular weight is 345 g/mol. The van der Waals surface area contributed by atoms with Gasteiger partial charge in [-0.3, -0.25) is 4.79 Å². The summed E-state index contributed by atoms with van der Waals surface area (Å²) in [6.07, 6.45) is 2.17. The number of tetrazole rings is 1. The molecule has 1 aliphatic carbocycles. The second kappa shape index (κ2) is 5.87. The third kappa shape index (κ3) is 2.70. The fraction of sp³-hybridized carbons (Fsp3) is 0.529. The van der Waals surface area contributed by atoms with Gasteiger partial charge in [-0.05, 0) is 55.2 Å². The van der Waals surface area contributed by atoms with Crippen molar-refractivity contribution in [3.8, 4) is 5.69 Å². The minimum Gasteiger partial charge on any atom is -0.377 e. The smallest absolute Gasteiger partial charge is 0.257 e. The van der Waals surface area contributed by atoms with Gasteiger partial charge in [-0.1, -0.05) is 0 Å². The van der Waals surface area contributed by atoms with Crippen LogP contribution in [0, 0.1) is 18.7 Å². The molecular weight excluding hydrogens is 325 g/mol. The number of amides is 1. The van der Waals surface area contributed by atoms with Crippen molar-refractivity contribution in [3.05, 3.63) is 35.4 Å². The van der Waals surface area contributed by atoms with E-state index in [2.05, 4.69) is 15.5 Å². The first-order valence-corrected chi connectivity index (χ1v) is 8.45. The summed E-state index contributed by atoms with van der Waals surface area (Å²) in [5.41, 5.74) is 0.207. The number of hydrogen-bond donors (Lipinski definition) is 0. The molecule has 2 aromatic rings. The molecule has 1 aliphatic heterocycles. The van der Waals surface area contributed by atoms with E-state index in [0.29, 0.717) is 37.2 Å². The van der Waals surface area contributed by atoms with Crippen LogP contribution in [0.5, 0.6) is 0 Å². The summed E-state index contributed by atoms with van der Waals surface area (Å²) in [5.74, 6) is 0.133. The Morgan fingerprint density at radius 1 is 1.40 bits per heavy atom. The van der Waals surface area contributed by atoms with Crippen LogP contribution in [-0.4, -0.2) is 56.3 Å². The van der Waals surface area contributed by atoms with Crippen LogP contribution in [0.25, 0.3) is 5.69 Å². The molecule has 0 bridgehead atoms. The Kier molecular flexibility index (Phi) is 3.79. The minimum atomic E-state index is -0.568. The number of nitrogens with zero attached hydrogens (tertiary/aromatic N) is 5. The summed E-state index contributed by atoms with van der Waals surface area (Å²) >= 11 is 0. The van der Waals surface area contributed by atoms with Gasteiger partial charge in [0.05, 0.1) is 30.0 Å². The van der Waals surface area contributed by atoms with Gasteiger partial charge in [0, 0.05) is 12.6 Å². The number of aryl methyl sites for hydroxylation is 1. The molecule has 8 heteroatoms. The number of morpholine rings is 1. The maximum Gasteiger partial charge on any atom is 0.257 e. The van der Waals surface area contributed by atoms with E-state index >= 15 is 0 Å². The van der Waals surface area contributed by atoms with Gasteiger partial charge in [0.1, 0.15) is 5.82 Å². The standard InChI is InChI=1S/C17H20FN5O2/c1-11-19-20-21-23(11)13-5-6-14(15(18)9-13)16(24)22-7-8-25-10-17(22,2)12-3-4-12/h5-6,9,12H,3-4,7-8,10H2,1-2H3. The van der Waals surface area contributed by atoms with E-state index < -0.39 is 5.82 Å². The molecule has 1 aromatic heterocycles. The Morgan fingerprint density at radius 2 is 2.20 bits per heavy atom. The molecule has 7 nitrogen and oxygen atoms in total. The van der Waals surface area contributed by atoms with Crippen molar-refractivity contribution in [2.45, 2.75) is 32.2 Å². The molecule has 1 saturated heterocycles. The van der Waals surface area contributed by atoms with E-state index in [0.717, 1.165) is 12.8 Å². The highest BCUT2D eigenvalue weighted by Crippen LogP contribution is 2.44. The first-order chi connectivity index (χ1) is 12.0. The van der Waals surface area contributed by atoms with Gasteiger partial charge in [-0.25, -0.2) is 4.39 Å². The molecule has 1 atom stereocenters. The van der Waals surface area contributed by atoms with Crippen LogP contribution in [0.2, 0.25) is 0 Å². The lowest BCUT2D eigenvalue weighted by Gasteiger charge is -2.45. The molecule has 25 heavy (non-hydrogen) atoms. The first-order valence-electron chi connectivity index (χ1n) is 8.45. The van der Waals surface area contributed by atoms with Crippen LogP contribution >= 0.6 is 0 Å². The Labute approximate surface area is 144 Å². The van der Waals surface area contributed by atoms with Crippen molar-refractivity contribution in [1.29, 1.82) is 0 Å². The number of aromatic nitrogens is 4. The predicted octanol–water partition coefficient (Wildman–Crippen LogP) is 1.75.